The Balaban J connectivity index is 2.69. The van der Waals surface area contributed by atoms with E-state index in [2.05, 4.69) is 0 Å². The van der Waals surface area contributed by atoms with Gasteiger partial charge in [0, 0.05) is 5.54 Å². The number of hydrogen-bond acceptors (Lipinski definition) is 6. The maximum atomic E-state index is 9.97. The van der Waals surface area contributed by atoms with E-state index >= 15 is 0 Å². The van der Waals surface area contributed by atoms with Crippen molar-refractivity contribution in [2.24, 2.45) is 11.5 Å². The highest BCUT2D eigenvalue weighted by molar-refractivity contribution is 4.97. The molecule has 0 bridgehead atoms. The third-order valence-electron chi connectivity index (χ3n) is 2.67. The molecule has 1 heterocycles. The minimum atomic E-state index is -1.09. The zero-order valence-electron chi connectivity index (χ0n) is 10.9. The van der Waals surface area contributed by atoms with Gasteiger partial charge in [0.15, 0.2) is 0 Å². The predicted molar refractivity (Wildman–Crippen MR) is 63.2 cm³/mol. The average molecular weight is 248 g/mol. The fourth-order valence-electron chi connectivity index (χ4n) is 1.94. The Morgan fingerprint density at radius 2 is 1.65 bits per heavy atom. The van der Waals surface area contributed by atoms with Gasteiger partial charge in [-0.1, -0.05) is 0 Å². The molecule has 1 aliphatic rings. The van der Waals surface area contributed by atoms with Crippen molar-refractivity contribution in [1.82, 2.24) is 0 Å². The second-order valence-corrected chi connectivity index (χ2v) is 5.82. The standard InChI is InChI=1S/C11H24N2O4/c1-10(2,12)9-8(15)7(14)6(5-16-9)17-11(3,4)13/h6-9,14-15H,5,12-13H2,1-4H3. The topological polar surface area (TPSA) is 111 Å². The largest absolute Gasteiger partial charge is 0.388 e. The van der Waals surface area contributed by atoms with E-state index in [1.807, 2.05) is 0 Å². The molecule has 6 N–H and O–H groups in total. The fourth-order valence-corrected chi connectivity index (χ4v) is 1.94. The smallest absolute Gasteiger partial charge is 0.112 e. The highest BCUT2D eigenvalue weighted by Crippen LogP contribution is 2.25. The molecule has 0 aliphatic carbocycles. The van der Waals surface area contributed by atoms with Crippen molar-refractivity contribution < 1.29 is 19.7 Å². The van der Waals surface area contributed by atoms with Crippen LogP contribution < -0.4 is 11.5 Å². The molecule has 1 aliphatic heterocycles. The van der Waals surface area contributed by atoms with Crippen LogP contribution in [-0.4, -0.2) is 52.5 Å². The summed E-state index contributed by atoms with van der Waals surface area (Å²) in [5.74, 6) is 0. The van der Waals surface area contributed by atoms with Crippen LogP contribution in [0.25, 0.3) is 0 Å². The maximum absolute atomic E-state index is 9.97. The molecule has 0 aromatic carbocycles. The van der Waals surface area contributed by atoms with Crippen LogP contribution in [0.1, 0.15) is 27.7 Å². The molecule has 4 atom stereocenters. The summed E-state index contributed by atoms with van der Waals surface area (Å²) in [6.45, 7) is 6.98. The van der Waals surface area contributed by atoms with Crippen molar-refractivity contribution in [1.29, 1.82) is 0 Å². The summed E-state index contributed by atoms with van der Waals surface area (Å²) in [5.41, 5.74) is 9.95. The van der Waals surface area contributed by atoms with Crippen LogP contribution in [0.15, 0.2) is 0 Å². The van der Waals surface area contributed by atoms with E-state index in [1.54, 1.807) is 27.7 Å². The summed E-state index contributed by atoms with van der Waals surface area (Å²) in [5, 5.41) is 19.9. The summed E-state index contributed by atoms with van der Waals surface area (Å²) in [4.78, 5) is 0. The molecule has 17 heavy (non-hydrogen) atoms. The first-order chi connectivity index (χ1) is 7.52. The quantitative estimate of drug-likeness (QED) is 0.473. The zero-order chi connectivity index (χ0) is 13.4. The van der Waals surface area contributed by atoms with Gasteiger partial charge in [-0.05, 0) is 27.7 Å². The Kier molecular flexibility index (Phi) is 4.18. The summed E-state index contributed by atoms with van der Waals surface area (Å²) in [7, 11) is 0. The molecule has 0 aromatic rings. The molecule has 1 rings (SSSR count). The van der Waals surface area contributed by atoms with Gasteiger partial charge >= 0.3 is 0 Å². The Hall–Kier alpha value is -0.240. The fraction of sp³-hybridized carbons (Fsp3) is 1.00. The number of aliphatic hydroxyl groups excluding tert-OH is 2. The van der Waals surface area contributed by atoms with Crippen LogP contribution in [0.3, 0.4) is 0 Å². The summed E-state index contributed by atoms with van der Waals surface area (Å²) in [6.07, 6.45) is -3.42. The van der Waals surface area contributed by atoms with Crippen LogP contribution in [-0.2, 0) is 9.47 Å². The number of ether oxygens (including phenoxy) is 2. The summed E-state index contributed by atoms with van der Waals surface area (Å²) < 4.78 is 10.9. The Labute approximate surface area is 102 Å². The highest BCUT2D eigenvalue weighted by Gasteiger charge is 2.45. The number of aliphatic hydroxyl groups is 2. The molecule has 0 radical (unpaired) electrons. The van der Waals surface area contributed by atoms with Gasteiger partial charge < -0.3 is 31.2 Å². The Morgan fingerprint density at radius 1 is 1.12 bits per heavy atom. The maximum Gasteiger partial charge on any atom is 0.112 e. The molecular weight excluding hydrogens is 224 g/mol. The molecule has 0 amide bonds. The molecule has 6 heteroatoms. The second-order valence-electron chi connectivity index (χ2n) is 5.82. The first kappa shape index (κ1) is 14.8. The number of hydrogen-bond donors (Lipinski definition) is 4. The van der Waals surface area contributed by atoms with Crippen LogP contribution in [0, 0.1) is 0 Å². The SMILES string of the molecule is CC(C)(N)OC1COC(C(C)(C)N)C(O)C1O. The monoisotopic (exact) mass is 248 g/mol. The van der Waals surface area contributed by atoms with Gasteiger partial charge in [-0.3, -0.25) is 0 Å². The predicted octanol–water partition coefficient (Wildman–Crippen LogP) is -1.08. The van der Waals surface area contributed by atoms with Gasteiger partial charge in [-0.25, -0.2) is 0 Å². The Bertz CT molecular complexity index is 257. The van der Waals surface area contributed by atoms with E-state index in [-0.39, 0.29) is 6.61 Å². The molecule has 0 spiro atoms. The van der Waals surface area contributed by atoms with E-state index in [9.17, 15) is 10.2 Å². The van der Waals surface area contributed by atoms with E-state index in [0.29, 0.717) is 0 Å². The van der Waals surface area contributed by atoms with Gasteiger partial charge in [0.25, 0.3) is 0 Å². The molecule has 102 valence electrons. The van der Waals surface area contributed by atoms with Gasteiger partial charge in [0.05, 0.1) is 6.61 Å². The average Bonchev–Trinajstić information content (AvgIpc) is 2.08. The second kappa shape index (κ2) is 4.79. The van der Waals surface area contributed by atoms with E-state index in [4.69, 9.17) is 20.9 Å². The van der Waals surface area contributed by atoms with Gasteiger partial charge in [-0.2, -0.15) is 0 Å². The lowest BCUT2D eigenvalue weighted by Crippen LogP contribution is -2.64. The zero-order valence-corrected chi connectivity index (χ0v) is 10.9. The van der Waals surface area contributed by atoms with Gasteiger partial charge in [-0.15, -0.1) is 0 Å². The van der Waals surface area contributed by atoms with Gasteiger partial charge in [0.2, 0.25) is 0 Å². The minimum Gasteiger partial charge on any atom is -0.388 e. The highest BCUT2D eigenvalue weighted by atomic mass is 16.6. The van der Waals surface area contributed by atoms with Crippen molar-refractivity contribution in [3.05, 3.63) is 0 Å². The lowest BCUT2D eigenvalue weighted by atomic mass is 9.87. The van der Waals surface area contributed by atoms with E-state index in [1.165, 1.54) is 0 Å². The molecule has 1 saturated heterocycles. The molecule has 6 nitrogen and oxygen atoms in total. The first-order valence-corrected chi connectivity index (χ1v) is 5.75. The minimum absolute atomic E-state index is 0.157. The van der Waals surface area contributed by atoms with Gasteiger partial charge in [0.1, 0.15) is 30.1 Å². The Morgan fingerprint density at radius 3 is 2.06 bits per heavy atom. The van der Waals surface area contributed by atoms with E-state index in [0.717, 1.165) is 0 Å². The van der Waals surface area contributed by atoms with Crippen molar-refractivity contribution >= 4 is 0 Å². The van der Waals surface area contributed by atoms with Crippen LogP contribution >= 0.6 is 0 Å². The molecule has 0 aromatic heterocycles. The lowest BCUT2D eigenvalue weighted by molar-refractivity contribution is -0.235. The summed E-state index contributed by atoms with van der Waals surface area (Å²) >= 11 is 0. The van der Waals surface area contributed by atoms with Crippen molar-refractivity contribution in [2.45, 2.75) is 63.4 Å². The van der Waals surface area contributed by atoms with Crippen molar-refractivity contribution in [3.8, 4) is 0 Å². The molecule has 0 saturated carbocycles. The van der Waals surface area contributed by atoms with Crippen LogP contribution in [0.2, 0.25) is 0 Å². The third kappa shape index (κ3) is 3.87. The lowest BCUT2D eigenvalue weighted by Gasteiger charge is -2.44. The normalized spacial score (nSPS) is 36.0. The van der Waals surface area contributed by atoms with Crippen molar-refractivity contribution in [3.63, 3.8) is 0 Å². The molecule has 4 unspecified atom stereocenters. The number of rotatable bonds is 3. The van der Waals surface area contributed by atoms with Crippen LogP contribution in [0.5, 0.6) is 0 Å². The molecule has 1 fully saturated rings. The number of nitrogens with two attached hydrogens (primary N) is 2. The molecular formula is C11H24N2O4. The van der Waals surface area contributed by atoms with Crippen LogP contribution in [0.4, 0.5) is 0 Å². The van der Waals surface area contributed by atoms with E-state index < -0.39 is 35.7 Å². The van der Waals surface area contributed by atoms with Crippen molar-refractivity contribution in [2.75, 3.05) is 6.61 Å². The third-order valence-corrected chi connectivity index (χ3v) is 2.67. The summed E-state index contributed by atoms with van der Waals surface area (Å²) in [6, 6.07) is 0. The first-order valence-electron chi connectivity index (χ1n) is 5.75.